The molecule has 0 radical (unpaired) electrons. The van der Waals surface area contributed by atoms with E-state index in [9.17, 15) is 8.42 Å². The minimum atomic E-state index is -3.42. The van der Waals surface area contributed by atoms with Crippen molar-refractivity contribution in [3.63, 3.8) is 0 Å². The van der Waals surface area contributed by atoms with Crippen LogP contribution in [0.15, 0.2) is 24.3 Å². The monoisotopic (exact) mass is 383 g/mol. The van der Waals surface area contributed by atoms with Crippen LogP contribution in [0.3, 0.4) is 0 Å². The van der Waals surface area contributed by atoms with Gasteiger partial charge in [-0.1, -0.05) is 32.9 Å². The van der Waals surface area contributed by atoms with Gasteiger partial charge < -0.3 is 4.43 Å². The van der Waals surface area contributed by atoms with Crippen LogP contribution in [0.25, 0.3) is 0 Å². The van der Waals surface area contributed by atoms with Crippen molar-refractivity contribution in [1.29, 1.82) is 5.26 Å². The maximum atomic E-state index is 11.1. The van der Waals surface area contributed by atoms with E-state index in [1.807, 2.05) is 12.1 Å². The van der Waals surface area contributed by atoms with Crippen molar-refractivity contribution in [2.75, 3.05) is 12.9 Å². The van der Waals surface area contributed by atoms with Gasteiger partial charge in [0.1, 0.15) is 0 Å². The third-order valence-corrected chi connectivity index (χ3v) is 9.64. The van der Waals surface area contributed by atoms with Crippen molar-refractivity contribution in [1.82, 2.24) is 0 Å². The first-order chi connectivity index (χ1) is 11.4. The Balaban J connectivity index is 2.91. The fourth-order valence-corrected chi connectivity index (χ4v) is 3.82. The summed E-state index contributed by atoms with van der Waals surface area (Å²) in [5, 5.41) is 9.03. The molecule has 1 aromatic rings. The fourth-order valence-electron chi connectivity index (χ4n) is 2.08. The zero-order valence-electron chi connectivity index (χ0n) is 16.0. The number of rotatable bonds is 8. The Morgan fingerprint density at radius 3 is 2.20 bits per heavy atom. The van der Waals surface area contributed by atoms with Crippen molar-refractivity contribution >= 4 is 18.4 Å². The minimum Gasteiger partial charge on any atom is -0.410 e. The molecule has 0 fully saturated rings. The summed E-state index contributed by atoms with van der Waals surface area (Å²) >= 11 is 0. The third kappa shape index (κ3) is 7.28. The largest absolute Gasteiger partial charge is 0.410 e. The van der Waals surface area contributed by atoms with E-state index in [0.29, 0.717) is 18.4 Å². The molecule has 1 atom stereocenters. The molecule has 0 aliphatic rings. The first-order valence-electron chi connectivity index (χ1n) is 8.38. The molecule has 5 nitrogen and oxygen atoms in total. The molecule has 140 valence electrons. The molecule has 25 heavy (non-hydrogen) atoms. The molecule has 0 spiro atoms. The van der Waals surface area contributed by atoms with E-state index in [1.165, 1.54) is 0 Å². The maximum absolute atomic E-state index is 11.1. The number of nitrogens with zero attached hydrogens (tertiary/aromatic N) is 1. The van der Waals surface area contributed by atoms with E-state index in [0.717, 1.165) is 11.8 Å². The number of nitriles is 1. The second-order valence-electron chi connectivity index (χ2n) is 7.77. The van der Waals surface area contributed by atoms with E-state index in [2.05, 4.69) is 39.9 Å². The van der Waals surface area contributed by atoms with Gasteiger partial charge in [0.25, 0.3) is 10.1 Å². The first kappa shape index (κ1) is 21.8. The van der Waals surface area contributed by atoms with Crippen molar-refractivity contribution in [2.24, 2.45) is 0 Å². The van der Waals surface area contributed by atoms with Gasteiger partial charge >= 0.3 is 0 Å². The first-order valence-corrected chi connectivity index (χ1v) is 13.1. The van der Waals surface area contributed by atoms with Crippen LogP contribution in [0.4, 0.5) is 0 Å². The van der Waals surface area contributed by atoms with E-state index in [4.69, 9.17) is 13.9 Å². The van der Waals surface area contributed by atoms with Crippen LogP contribution in [-0.4, -0.2) is 29.6 Å². The predicted octanol–water partition coefficient (Wildman–Crippen LogP) is 4.38. The maximum Gasteiger partial charge on any atom is 0.264 e. The number of hydrogen-bond acceptors (Lipinski definition) is 5. The Morgan fingerprint density at radius 1 is 1.20 bits per heavy atom. The molecule has 0 aromatic heterocycles. The Morgan fingerprint density at radius 2 is 1.76 bits per heavy atom. The summed E-state index contributed by atoms with van der Waals surface area (Å²) in [4.78, 5) is 0. The molecule has 0 aliphatic heterocycles. The van der Waals surface area contributed by atoms with Crippen molar-refractivity contribution in [3.05, 3.63) is 35.4 Å². The van der Waals surface area contributed by atoms with Gasteiger partial charge in [0.05, 0.1) is 30.6 Å². The van der Waals surface area contributed by atoms with E-state index >= 15 is 0 Å². The summed E-state index contributed by atoms with van der Waals surface area (Å²) in [7, 11) is -5.42. The highest BCUT2D eigenvalue weighted by atomic mass is 32.2. The Labute approximate surface area is 153 Å². The topological polar surface area (TPSA) is 76.4 Å². The average Bonchev–Trinajstić information content (AvgIpc) is 2.48. The van der Waals surface area contributed by atoms with Crippen molar-refractivity contribution in [2.45, 2.75) is 57.8 Å². The standard InChI is InChI=1S/C18H29NO4SSi/c1-18(2,3)25(5,6)23-17(8-7-13-22-24(4,20)21)16-11-9-15(14-19)10-12-16/h9-12,17H,7-8,13H2,1-6H3. The van der Waals surface area contributed by atoms with Gasteiger partial charge in [-0.2, -0.15) is 13.7 Å². The van der Waals surface area contributed by atoms with Crippen LogP contribution in [0.2, 0.25) is 18.1 Å². The summed E-state index contributed by atoms with van der Waals surface area (Å²) in [6, 6.07) is 9.50. The lowest BCUT2D eigenvalue weighted by Crippen LogP contribution is -2.41. The Kier molecular flexibility index (Phi) is 7.38. The van der Waals surface area contributed by atoms with Gasteiger partial charge in [0.2, 0.25) is 0 Å². The molecule has 0 saturated carbocycles. The fraction of sp³-hybridized carbons (Fsp3) is 0.611. The zero-order valence-corrected chi connectivity index (χ0v) is 17.8. The normalized spacial score (nSPS) is 14.1. The Bertz CT molecular complexity index is 700. The van der Waals surface area contributed by atoms with Gasteiger partial charge in [-0.15, -0.1) is 0 Å². The molecule has 0 heterocycles. The smallest absolute Gasteiger partial charge is 0.264 e. The molecule has 0 aliphatic carbocycles. The van der Waals surface area contributed by atoms with Crippen LogP contribution >= 0.6 is 0 Å². The molecule has 1 unspecified atom stereocenters. The Hall–Kier alpha value is -1.20. The molecule has 0 N–H and O–H groups in total. The number of benzene rings is 1. The van der Waals surface area contributed by atoms with E-state index < -0.39 is 18.4 Å². The predicted molar refractivity (Wildman–Crippen MR) is 102 cm³/mol. The zero-order chi connectivity index (χ0) is 19.3. The van der Waals surface area contributed by atoms with E-state index in [1.54, 1.807) is 12.1 Å². The number of hydrogen-bond donors (Lipinski definition) is 0. The highest BCUT2D eigenvalue weighted by Gasteiger charge is 2.39. The lowest BCUT2D eigenvalue weighted by atomic mass is 10.0. The van der Waals surface area contributed by atoms with Crippen molar-refractivity contribution < 1.29 is 17.0 Å². The third-order valence-electron chi connectivity index (χ3n) is 4.56. The summed E-state index contributed by atoms with van der Waals surface area (Å²) in [6.45, 7) is 11.1. The lowest BCUT2D eigenvalue weighted by molar-refractivity contribution is 0.162. The molecule has 1 rings (SSSR count). The van der Waals surface area contributed by atoms with Gasteiger partial charge in [-0.05, 0) is 48.7 Å². The highest BCUT2D eigenvalue weighted by Crippen LogP contribution is 2.40. The second kappa shape index (κ2) is 8.45. The molecule has 0 saturated heterocycles. The van der Waals surface area contributed by atoms with Crippen molar-refractivity contribution in [3.8, 4) is 6.07 Å². The minimum absolute atomic E-state index is 0.0705. The van der Waals surface area contributed by atoms with Crippen LogP contribution in [0.5, 0.6) is 0 Å². The SMILES string of the molecule is CC(C)(C)[Si](C)(C)OC(CCCOS(C)(=O)=O)c1ccc(C#N)cc1. The molecule has 0 bridgehead atoms. The summed E-state index contributed by atoms with van der Waals surface area (Å²) in [5.74, 6) is 0. The van der Waals surface area contributed by atoms with Gasteiger partial charge in [0, 0.05) is 0 Å². The highest BCUT2D eigenvalue weighted by molar-refractivity contribution is 7.85. The molecule has 0 amide bonds. The molecular formula is C18H29NO4SSi. The summed E-state index contributed by atoms with van der Waals surface area (Å²) in [6.07, 6.45) is 2.15. The van der Waals surface area contributed by atoms with Gasteiger partial charge in [0.15, 0.2) is 8.32 Å². The summed E-state index contributed by atoms with van der Waals surface area (Å²) < 4.78 is 33.6. The molecular weight excluding hydrogens is 354 g/mol. The van der Waals surface area contributed by atoms with Crippen LogP contribution in [0.1, 0.15) is 50.8 Å². The van der Waals surface area contributed by atoms with Crippen LogP contribution < -0.4 is 0 Å². The second-order valence-corrected chi connectivity index (χ2v) is 14.2. The van der Waals surface area contributed by atoms with Crippen LogP contribution in [-0.2, 0) is 18.7 Å². The van der Waals surface area contributed by atoms with E-state index in [-0.39, 0.29) is 17.7 Å². The summed E-state index contributed by atoms with van der Waals surface area (Å²) in [5.41, 5.74) is 1.61. The van der Waals surface area contributed by atoms with Gasteiger partial charge in [-0.25, -0.2) is 0 Å². The van der Waals surface area contributed by atoms with Crippen LogP contribution in [0, 0.1) is 11.3 Å². The molecule has 7 heteroatoms. The quantitative estimate of drug-likeness (QED) is 0.378. The average molecular weight is 384 g/mol. The molecule has 1 aromatic carbocycles. The lowest BCUT2D eigenvalue weighted by Gasteiger charge is -2.39. The van der Waals surface area contributed by atoms with Gasteiger partial charge in [-0.3, -0.25) is 4.18 Å².